The molecular formula is C10H16N2. The Hall–Kier alpha value is -0.920. The molecule has 1 aromatic heterocycles. The van der Waals surface area contributed by atoms with Crippen LogP contribution in [0, 0.1) is 0 Å². The van der Waals surface area contributed by atoms with Gasteiger partial charge in [-0.2, -0.15) is 0 Å². The lowest BCUT2D eigenvalue weighted by Crippen LogP contribution is -2.37. The second kappa shape index (κ2) is 3.21. The predicted octanol–water partition coefficient (Wildman–Crippen LogP) is 2.39. The molecule has 0 amide bonds. The highest BCUT2D eigenvalue weighted by Crippen LogP contribution is 2.23. The fraction of sp³-hybridized carbons (Fsp3) is 0.600. The van der Waals surface area contributed by atoms with Crippen LogP contribution in [0.15, 0.2) is 18.5 Å². The maximum atomic E-state index is 3.11. The van der Waals surface area contributed by atoms with Gasteiger partial charge in [0, 0.05) is 25.0 Å². The third kappa shape index (κ3) is 1.33. The van der Waals surface area contributed by atoms with Gasteiger partial charge in [-0.3, -0.25) is 0 Å². The Labute approximate surface area is 73.6 Å². The normalized spacial score (nSPS) is 24.4. The van der Waals surface area contributed by atoms with E-state index < -0.39 is 0 Å². The second-order valence-corrected chi connectivity index (χ2v) is 3.61. The summed E-state index contributed by atoms with van der Waals surface area (Å²) in [5.74, 6) is 0. The van der Waals surface area contributed by atoms with E-state index in [1.807, 2.05) is 6.20 Å². The molecule has 0 radical (unpaired) electrons. The largest absolute Gasteiger partial charge is 0.368 e. The summed E-state index contributed by atoms with van der Waals surface area (Å²) in [7, 11) is 0. The van der Waals surface area contributed by atoms with E-state index in [0.29, 0.717) is 0 Å². The van der Waals surface area contributed by atoms with Crippen molar-refractivity contribution in [3.8, 4) is 0 Å². The van der Waals surface area contributed by atoms with Crippen LogP contribution in [0.4, 0.5) is 5.69 Å². The summed E-state index contributed by atoms with van der Waals surface area (Å²) in [6.45, 7) is 3.53. The molecule has 0 aromatic carbocycles. The lowest BCUT2D eigenvalue weighted by atomic mass is 10.0. The highest BCUT2D eigenvalue weighted by molar-refractivity contribution is 5.45. The van der Waals surface area contributed by atoms with Crippen molar-refractivity contribution < 1.29 is 0 Å². The molecule has 0 spiro atoms. The molecule has 1 aliphatic rings. The number of piperidine rings is 1. The van der Waals surface area contributed by atoms with Crippen LogP contribution in [-0.2, 0) is 0 Å². The van der Waals surface area contributed by atoms with Crippen LogP contribution in [0.25, 0.3) is 0 Å². The van der Waals surface area contributed by atoms with Crippen molar-refractivity contribution in [1.29, 1.82) is 0 Å². The Morgan fingerprint density at radius 2 is 2.42 bits per heavy atom. The molecule has 0 saturated carbocycles. The van der Waals surface area contributed by atoms with E-state index in [4.69, 9.17) is 0 Å². The SMILES string of the molecule is CC1CCCCN1c1cc[nH]c1. The molecule has 2 heterocycles. The van der Waals surface area contributed by atoms with Crippen molar-refractivity contribution in [3.63, 3.8) is 0 Å². The van der Waals surface area contributed by atoms with Gasteiger partial charge in [0.2, 0.25) is 0 Å². The molecule has 1 atom stereocenters. The van der Waals surface area contributed by atoms with Crippen molar-refractivity contribution in [2.45, 2.75) is 32.2 Å². The third-order valence-corrected chi connectivity index (χ3v) is 2.72. The summed E-state index contributed by atoms with van der Waals surface area (Å²) >= 11 is 0. The fourth-order valence-electron chi connectivity index (χ4n) is 1.98. The monoisotopic (exact) mass is 164 g/mol. The number of hydrogen-bond acceptors (Lipinski definition) is 1. The van der Waals surface area contributed by atoms with Crippen LogP contribution in [-0.4, -0.2) is 17.6 Å². The van der Waals surface area contributed by atoms with Crippen LogP contribution < -0.4 is 4.90 Å². The van der Waals surface area contributed by atoms with E-state index in [1.165, 1.54) is 31.5 Å². The van der Waals surface area contributed by atoms with Crippen LogP contribution in [0.2, 0.25) is 0 Å². The van der Waals surface area contributed by atoms with Crippen molar-refractivity contribution >= 4 is 5.69 Å². The number of nitrogens with zero attached hydrogens (tertiary/aromatic N) is 1. The van der Waals surface area contributed by atoms with Crippen LogP contribution >= 0.6 is 0 Å². The minimum atomic E-state index is 0.717. The van der Waals surface area contributed by atoms with E-state index in [2.05, 4.69) is 29.1 Å². The van der Waals surface area contributed by atoms with Gasteiger partial charge in [0.05, 0.1) is 5.69 Å². The maximum absolute atomic E-state index is 3.11. The first kappa shape index (κ1) is 7.71. The summed E-state index contributed by atoms with van der Waals surface area (Å²) in [5, 5.41) is 0. The molecule has 2 heteroatoms. The number of anilines is 1. The van der Waals surface area contributed by atoms with Gasteiger partial charge in [-0.05, 0) is 32.3 Å². The first-order chi connectivity index (χ1) is 5.88. The Bertz CT molecular complexity index is 228. The Balaban J connectivity index is 2.11. The number of H-pyrrole nitrogens is 1. The number of rotatable bonds is 1. The lowest BCUT2D eigenvalue weighted by molar-refractivity contribution is 0.485. The van der Waals surface area contributed by atoms with E-state index in [1.54, 1.807) is 0 Å². The van der Waals surface area contributed by atoms with Gasteiger partial charge in [-0.1, -0.05) is 0 Å². The van der Waals surface area contributed by atoms with E-state index in [0.717, 1.165) is 6.04 Å². The Morgan fingerprint density at radius 1 is 1.50 bits per heavy atom. The van der Waals surface area contributed by atoms with E-state index in [-0.39, 0.29) is 0 Å². The first-order valence-electron chi connectivity index (χ1n) is 4.77. The molecule has 12 heavy (non-hydrogen) atoms. The molecule has 1 aromatic rings. The average molecular weight is 164 g/mol. The summed E-state index contributed by atoms with van der Waals surface area (Å²) in [6, 6.07) is 2.87. The highest BCUT2D eigenvalue weighted by Gasteiger charge is 2.18. The van der Waals surface area contributed by atoms with E-state index >= 15 is 0 Å². The zero-order chi connectivity index (χ0) is 8.39. The molecule has 1 saturated heterocycles. The number of nitrogens with one attached hydrogen (secondary N) is 1. The summed E-state index contributed by atoms with van der Waals surface area (Å²) < 4.78 is 0. The van der Waals surface area contributed by atoms with Crippen LogP contribution in [0.3, 0.4) is 0 Å². The smallest absolute Gasteiger partial charge is 0.0546 e. The van der Waals surface area contributed by atoms with Gasteiger partial charge in [0.25, 0.3) is 0 Å². The van der Waals surface area contributed by atoms with Crippen molar-refractivity contribution in [2.75, 3.05) is 11.4 Å². The molecule has 2 nitrogen and oxygen atoms in total. The Morgan fingerprint density at radius 3 is 3.08 bits per heavy atom. The van der Waals surface area contributed by atoms with Crippen molar-refractivity contribution in [3.05, 3.63) is 18.5 Å². The summed E-state index contributed by atoms with van der Waals surface area (Å²) in [5.41, 5.74) is 1.35. The lowest BCUT2D eigenvalue weighted by Gasteiger charge is -2.34. The number of hydrogen-bond donors (Lipinski definition) is 1. The predicted molar refractivity (Wildman–Crippen MR) is 51.5 cm³/mol. The van der Waals surface area contributed by atoms with Crippen LogP contribution in [0.5, 0.6) is 0 Å². The second-order valence-electron chi connectivity index (χ2n) is 3.61. The van der Waals surface area contributed by atoms with Gasteiger partial charge < -0.3 is 9.88 Å². The molecule has 1 aliphatic heterocycles. The minimum Gasteiger partial charge on any atom is -0.368 e. The van der Waals surface area contributed by atoms with Crippen LogP contribution in [0.1, 0.15) is 26.2 Å². The summed E-state index contributed by atoms with van der Waals surface area (Å²) in [6.07, 6.45) is 8.15. The number of aromatic nitrogens is 1. The molecule has 1 unspecified atom stereocenters. The maximum Gasteiger partial charge on any atom is 0.0546 e. The Kier molecular flexibility index (Phi) is 2.07. The zero-order valence-electron chi connectivity index (χ0n) is 7.59. The summed E-state index contributed by atoms with van der Waals surface area (Å²) in [4.78, 5) is 5.59. The molecule has 0 aliphatic carbocycles. The van der Waals surface area contributed by atoms with Gasteiger partial charge in [-0.25, -0.2) is 0 Å². The molecule has 1 fully saturated rings. The van der Waals surface area contributed by atoms with E-state index in [9.17, 15) is 0 Å². The van der Waals surface area contributed by atoms with Gasteiger partial charge in [-0.15, -0.1) is 0 Å². The molecule has 2 rings (SSSR count). The average Bonchev–Trinajstić information content (AvgIpc) is 2.57. The van der Waals surface area contributed by atoms with Crippen molar-refractivity contribution in [1.82, 2.24) is 4.98 Å². The van der Waals surface area contributed by atoms with Gasteiger partial charge in [0.15, 0.2) is 0 Å². The van der Waals surface area contributed by atoms with Gasteiger partial charge in [0.1, 0.15) is 0 Å². The number of aromatic amines is 1. The van der Waals surface area contributed by atoms with Gasteiger partial charge >= 0.3 is 0 Å². The molecule has 0 bridgehead atoms. The fourth-order valence-corrected chi connectivity index (χ4v) is 1.98. The molecule has 66 valence electrons. The molecule has 1 N–H and O–H groups in total. The standard InChI is InChI=1S/C10H16N2/c1-9-4-2-3-7-12(9)10-5-6-11-8-10/h5-6,8-9,11H,2-4,7H2,1H3. The zero-order valence-corrected chi connectivity index (χ0v) is 7.59. The topological polar surface area (TPSA) is 19.0 Å². The highest BCUT2D eigenvalue weighted by atomic mass is 15.2. The van der Waals surface area contributed by atoms with Crippen molar-refractivity contribution in [2.24, 2.45) is 0 Å². The minimum absolute atomic E-state index is 0.717. The molecular weight excluding hydrogens is 148 g/mol. The quantitative estimate of drug-likeness (QED) is 0.675. The third-order valence-electron chi connectivity index (χ3n) is 2.72. The first-order valence-corrected chi connectivity index (χ1v) is 4.77.